The van der Waals surface area contributed by atoms with Crippen LogP contribution in [0.1, 0.15) is 32.3 Å². The first-order valence-corrected chi connectivity index (χ1v) is 7.63. The third-order valence-corrected chi connectivity index (χ3v) is 5.32. The average molecular weight is 260 g/mol. The Balaban J connectivity index is 1.78. The Labute approximate surface area is 112 Å². The molecule has 1 aromatic heterocycles. The Kier molecular flexibility index (Phi) is 2.95. The van der Waals surface area contributed by atoms with Gasteiger partial charge in [-0.1, -0.05) is 32.0 Å². The zero-order valence-electron chi connectivity index (χ0n) is 11.0. The van der Waals surface area contributed by atoms with Gasteiger partial charge in [-0.3, -0.25) is 0 Å². The van der Waals surface area contributed by atoms with E-state index in [4.69, 9.17) is 0 Å². The second kappa shape index (κ2) is 4.36. The predicted molar refractivity (Wildman–Crippen MR) is 78.0 cm³/mol. The molecule has 2 heteroatoms. The smallest absolute Gasteiger partial charge is 0.0694 e. The number of hydrogen-bond acceptors (Lipinski definition) is 2. The van der Waals surface area contributed by atoms with Gasteiger partial charge in [-0.2, -0.15) is 0 Å². The first-order chi connectivity index (χ1) is 8.57. The van der Waals surface area contributed by atoms with Crippen LogP contribution in [0.4, 0.5) is 0 Å². The van der Waals surface area contributed by atoms with Crippen molar-refractivity contribution in [3.8, 4) is 0 Å². The summed E-state index contributed by atoms with van der Waals surface area (Å²) in [5.41, 5.74) is 0.874. The van der Waals surface area contributed by atoms with Crippen molar-refractivity contribution in [3.63, 3.8) is 0 Å². The van der Waals surface area contributed by atoms with Crippen LogP contribution in [-0.2, 0) is 6.42 Å². The van der Waals surface area contributed by atoms with Gasteiger partial charge in [-0.25, -0.2) is 0 Å². The lowest BCUT2D eigenvalue weighted by Crippen LogP contribution is -2.47. The highest BCUT2D eigenvalue weighted by Crippen LogP contribution is 2.45. The first kappa shape index (κ1) is 12.2. The summed E-state index contributed by atoms with van der Waals surface area (Å²) < 4.78 is 1.33. The van der Waals surface area contributed by atoms with Crippen LogP contribution in [0.5, 0.6) is 0 Å². The van der Waals surface area contributed by atoms with Gasteiger partial charge in [0.05, 0.1) is 5.60 Å². The fourth-order valence-electron chi connectivity index (χ4n) is 3.06. The summed E-state index contributed by atoms with van der Waals surface area (Å²) in [5.74, 6) is 1.41. The summed E-state index contributed by atoms with van der Waals surface area (Å²) in [7, 11) is 0. The van der Waals surface area contributed by atoms with Gasteiger partial charge in [0.15, 0.2) is 0 Å². The van der Waals surface area contributed by atoms with E-state index >= 15 is 0 Å². The Hall–Kier alpha value is -0.860. The molecule has 1 saturated carbocycles. The first-order valence-electron chi connectivity index (χ1n) is 6.75. The molecule has 96 valence electrons. The second-order valence-electron chi connectivity index (χ2n) is 6.07. The standard InChI is InChI=1S/C16H20OS/c1-11(2)12-7-16(17,8-12)9-13-10-18-15-6-4-3-5-14(13)15/h3-6,10-12,17H,7-9H2,1-2H3. The van der Waals surface area contributed by atoms with E-state index in [1.54, 1.807) is 11.3 Å². The van der Waals surface area contributed by atoms with Crippen molar-refractivity contribution in [2.24, 2.45) is 11.8 Å². The number of fused-ring (bicyclic) bond motifs is 1. The Morgan fingerprint density at radius 2 is 2.06 bits per heavy atom. The molecule has 1 fully saturated rings. The topological polar surface area (TPSA) is 20.2 Å². The van der Waals surface area contributed by atoms with Crippen molar-refractivity contribution in [2.75, 3.05) is 0 Å². The van der Waals surface area contributed by atoms with Gasteiger partial charge < -0.3 is 5.11 Å². The normalized spacial score (nSPS) is 27.7. The molecule has 1 aromatic carbocycles. The third kappa shape index (κ3) is 2.08. The molecule has 1 aliphatic carbocycles. The van der Waals surface area contributed by atoms with E-state index in [1.807, 2.05) is 0 Å². The number of rotatable bonds is 3. The van der Waals surface area contributed by atoms with Crippen molar-refractivity contribution in [1.82, 2.24) is 0 Å². The molecule has 0 aliphatic heterocycles. The van der Waals surface area contributed by atoms with Crippen molar-refractivity contribution in [1.29, 1.82) is 0 Å². The highest BCUT2D eigenvalue weighted by molar-refractivity contribution is 7.17. The van der Waals surface area contributed by atoms with Crippen LogP contribution in [0.15, 0.2) is 29.6 Å². The Morgan fingerprint density at radius 1 is 1.33 bits per heavy atom. The lowest BCUT2D eigenvalue weighted by molar-refractivity contribution is -0.0857. The Morgan fingerprint density at radius 3 is 2.78 bits per heavy atom. The second-order valence-corrected chi connectivity index (χ2v) is 6.98. The van der Waals surface area contributed by atoms with Crippen molar-refractivity contribution < 1.29 is 5.11 Å². The maximum absolute atomic E-state index is 10.6. The molecule has 1 nitrogen and oxygen atoms in total. The van der Waals surface area contributed by atoms with E-state index < -0.39 is 5.60 Å². The van der Waals surface area contributed by atoms with Crippen LogP contribution in [0.3, 0.4) is 0 Å². The van der Waals surface area contributed by atoms with Gasteiger partial charge in [0, 0.05) is 11.1 Å². The van der Waals surface area contributed by atoms with Crippen LogP contribution in [0.25, 0.3) is 10.1 Å². The Bertz CT molecular complexity index is 549. The number of benzene rings is 1. The summed E-state index contributed by atoms with van der Waals surface area (Å²) in [6.07, 6.45) is 2.75. The fourth-order valence-corrected chi connectivity index (χ4v) is 4.02. The minimum atomic E-state index is -0.446. The van der Waals surface area contributed by atoms with Crippen LogP contribution in [0.2, 0.25) is 0 Å². The van der Waals surface area contributed by atoms with Gasteiger partial charge in [-0.15, -0.1) is 11.3 Å². The summed E-state index contributed by atoms with van der Waals surface area (Å²) >= 11 is 1.79. The fraction of sp³-hybridized carbons (Fsp3) is 0.500. The average Bonchev–Trinajstić information content (AvgIpc) is 2.69. The summed E-state index contributed by atoms with van der Waals surface area (Å²) in [5, 5.41) is 14.1. The quantitative estimate of drug-likeness (QED) is 0.875. The van der Waals surface area contributed by atoms with Gasteiger partial charge in [0.2, 0.25) is 0 Å². The zero-order chi connectivity index (χ0) is 12.8. The number of hydrogen-bond donors (Lipinski definition) is 1. The van der Waals surface area contributed by atoms with Crippen LogP contribution in [0, 0.1) is 11.8 Å². The lowest BCUT2D eigenvalue weighted by Gasteiger charge is -2.46. The van der Waals surface area contributed by atoms with Crippen molar-refractivity contribution >= 4 is 21.4 Å². The molecule has 0 saturated heterocycles. The molecule has 0 radical (unpaired) electrons. The van der Waals surface area contributed by atoms with Crippen LogP contribution < -0.4 is 0 Å². The SMILES string of the molecule is CC(C)C1CC(O)(Cc2csc3ccccc23)C1. The molecule has 0 spiro atoms. The minimum absolute atomic E-state index is 0.446. The predicted octanol–water partition coefficient (Wildman–Crippen LogP) is 4.24. The van der Waals surface area contributed by atoms with E-state index in [9.17, 15) is 5.11 Å². The highest BCUT2D eigenvalue weighted by Gasteiger charge is 2.43. The van der Waals surface area contributed by atoms with E-state index in [1.165, 1.54) is 15.6 Å². The molecule has 1 N–H and O–H groups in total. The molecule has 1 heterocycles. The van der Waals surface area contributed by atoms with Crippen molar-refractivity contribution in [2.45, 2.75) is 38.7 Å². The highest BCUT2D eigenvalue weighted by atomic mass is 32.1. The van der Waals surface area contributed by atoms with E-state index in [0.29, 0.717) is 11.8 Å². The molecule has 2 aromatic rings. The van der Waals surface area contributed by atoms with E-state index in [-0.39, 0.29) is 0 Å². The molecular formula is C16H20OS. The molecule has 0 atom stereocenters. The molecule has 0 unspecified atom stereocenters. The molecule has 0 amide bonds. The minimum Gasteiger partial charge on any atom is -0.390 e. The summed E-state index contributed by atoms with van der Waals surface area (Å²) in [6.45, 7) is 4.51. The van der Waals surface area contributed by atoms with E-state index in [0.717, 1.165) is 19.3 Å². The lowest BCUT2D eigenvalue weighted by atomic mass is 9.64. The van der Waals surface area contributed by atoms with E-state index in [2.05, 4.69) is 43.5 Å². The summed E-state index contributed by atoms with van der Waals surface area (Å²) in [4.78, 5) is 0. The van der Waals surface area contributed by atoms with Gasteiger partial charge in [0.25, 0.3) is 0 Å². The third-order valence-electron chi connectivity index (χ3n) is 4.31. The molecule has 3 rings (SSSR count). The van der Waals surface area contributed by atoms with Gasteiger partial charge in [-0.05, 0) is 47.1 Å². The van der Waals surface area contributed by atoms with Gasteiger partial charge >= 0.3 is 0 Å². The van der Waals surface area contributed by atoms with Gasteiger partial charge in [0.1, 0.15) is 0 Å². The monoisotopic (exact) mass is 260 g/mol. The summed E-state index contributed by atoms with van der Waals surface area (Å²) in [6, 6.07) is 8.49. The largest absolute Gasteiger partial charge is 0.390 e. The molecule has 0 bridgehead atoms. The van der Waals surface area contributed by atoms with Crippen LogP contribution in [-0.4, -0.2) is 10.7 Å². The molecule has 18 heavy (non-hydrogen) atoms. The zero-order valence-corrected chi connectivity index (χ0v) is 11.8. The maximum Gasteiger partial charge on any atom is 0.0694 e. The number of thiophene rings is 1. The maximum atomic E-state index is 10.6. The van der Waals surface area contributed by atoms with Crippen molar-refractivity contribution in [3.05, 3.63) is 35.2 Å². The number of aliphatic hydroxyl groups is 1. The van der Waals surface area contributed by atoms with Crippen LogP contribution >= 0.6 is 11.3 Å². The molecule has 1 aliphatic rings. The molecular weight excluding hydrogens is 240 g/mol.